The molecule has 21 heavy (non-hydrogen) atoms. The van der Waals surface area contributed by atoms with Crippen molar-refractivity contribution < 1.29 is 9.53 Å². The normalized spacial score (nSPS) is 10.5. The van der Waals surface area contributed by atoms with E-state index < -0.39 is 11.7 Å². The minimum absolute atomic E-state index is 0.434. The topological polar surface area (TPSA) is 64.3 Å². The van der Waals surface area contributed by atoms with Gasteiger partial charge in [0.05, 0.1) is 10.7 Å². The molecular formula is C16H21ClN2O2. The summed E-state index contributed by atoms with van der Waals surface area (Å²) in [6, 6.07) is 3.62. The third kappa shape index (κ3) is 6.42. The number of ether oxygens (including phenoxy) is 1. The molecule has 0 aliphatic carbocycles. The van der Waals surface area contributed by atoms with Gasteiger partial charge in [0, 0.05) is 18.5 Å². The van der Waals surface area contributed by atoms with Gasteiger partial charge in [-0.25, -0.2) is 4.79 Å². The fourth-order valence-corrected chi connectivity index (χ4v) is 1.80. The Balaban J connectivity index is 2.46. The summed E-state index contributed by atoms with van der Waals surface area (Å²) >= 11 is 6.00. The number of benzene rings is 1. The molecule has 114 valence electrons. The SMILES string of the molecule is Cc1cc(C#CCCNC(=O)OC(C)(C)C)cc(Cl)c1N. The van der Waals surface area contributed by atoms with Crippen LogP contribution in [0.1, 0.15) is 38.3 Å². The van der Waals surface area contributed by atoms with Crippen LogP contribution in [-0.4, -0.2) is 18.2 Å². The molecule has 0 bridgehead atoms. The molecule has 1 rings (SSSR count). The Labute approximate surface area is 131 Å². The van der Waals surface area contributed by atoms with E-state index in [4.69, 9.17) is 22.1 Å². The number of anilines is 1. The van der Waals surface area contributed by atoms with Crippen molar-refractivity contribution in [1.29, 1.82) is 0 Å². The number of rotatable bonds is 2. The summed E-state index contributed by atoms with van der Waals surface area (Å²) in [5, 5.41) is 3.15. The van der Waals surface area contributed by atoms with Crippen LogP contribution in [0.5, 0.6) is 0 Å². The number of nitrogens with one attached hydrogen (secondary N) is 1. The Morgan fingerprint density at radius 2 is 2.10 bits per heavy atom. The van der Waals surface area contributed by atoms with Gasteiger partial charge in [-0.15, -0.1) is 0 Å². The van der Waals surface area contributed by atoms with E-state index in [0.29, 0.717) is 23.7 Å². The van der Waals surface area contributed by atoms with E-state index in [1.54, 1.807) is 6.07 Å². The number of amides is 1. The van der Waals surface area contributed by atoms with Gasteiger partial charge in [-0.3, -0.25) is 0 Å². The highest BCUT2D eigenvalue weighted by molar-refractivity contribution is 6.33. The van der Waals surface area contributed by atoms with Gasteiger partial charge in [0.2, 0.25) is 0 Å². The molecule has 0 unspecified atom stereocenters. The largest absolute Gasteiger partial charge is 0.444 e. The second-order valence-electron chi connectivity index (χ2n) is 5.67. The van der Waals surface area contributed by atoms with Crippen LogP contribution < -0.4 is 11.1 Å². The Kier molecular flexibility index (Phi) is 5.92. The van der Waals surface area contributed by atoms with Crippen molar-refractivity contribution in [2.24, 2.45) is 0 Å². The molecule has 0 aliphatic rings. The molecule has 0 aliphatic heterocycles. The number of carbonyl (C=O) groups excluding carboxylic acids is 1. The molecule has 5 heteroatoms. The van der Waals surface area contributed by atoms with E-state index in [1.165, 1.54) is 0 Å². The third-order valence-corrected chi connectivity index (χ3v) is 2.80. The average molecular weight is 309 g/mol. The Hall–Kier alpha value is -1.86. The maximum Gasteiger partial charge on any atom is 0.407 e. The van der Waals surface area contributed by atoms with Crippen LogP contribution in [0.4, 0.5) is 10.5 Å². The van der Waals surface area contributed by atoms with Gasteiger partial charge in [0.15, 0.2) is 0 Å². The number of carbonyl (C=O) groups is 1. The maximum absolute atomic E-state index is 11.4. The Morgan fingerprint density at radius 1 is 1.43 bits per heavy atom. The van der Waals surface area contributed by atoms with Crippen LogP contribution >= 0.6 is 11.6 Å². The molecule has 3 N–H and O–H groups in total. The maximum atomic E-state index is 11.4. The number of nitrogen functional groups attached to an aromatic ring is 1. The zero-order valence-electron chi connectivity index (χ0n) is 12.8. The lowest BCUT2D eigenvalue weighted by molar-refractivity contribution is 0.0529. The highest BCUT2D eigenvalue weighted by atomic mass is 35.5. The monoisotopic (exact) mass is 308 g/mol. The summed E-state index contributed by atoms with van der Waals surface area (Å²) in [4.78, 5) is 11.4. The van der Waals surface area contributed by atoms with Gasteiger partial charge >= 0.3 is 6.09 Å². The van der Waals surface area contributed by atoms with Crippen LogP contribution in [0.25, 0.3) is 0 Å². The Morgan fingerprint density at radius 3 is 2.67 bits per heavy atom. The van der Waals surface area contributed by atoms with Gasteiger partial charge in [-0.05, 0) is 45.4 Å². The lowest BCUT2D eigenvalue weighted by Crippen LogP contribution is -2.32. The molecule has 0 atom stereocenters. The first-order valence-electron chi connectivity index (χ1n) is 6.70. The molecule has 1 amide bonds. The van der Waals surface area contributed by atoms with Crippen molar-refractivity contribution in [1.82, 2.24) is 5.32 Å². The zero-order valence-corrected chi connectivity index (χ0v) is 13.6. The zero-order chi connectivity index (χ0) is 16.0. The first-order valence-corrected chi connectivity index (χ1v) is 7.08. The fraction of sp³-hybridized carbons (Fsp3) is 0.438. The molecule has 0 fully saturated rings. The van der Waals surface area contributed by atoms with Crippen LogP contribution in [0, 0.1) is 18.8 Å². The predicted molar refractivity (Wildman–Crippen MR) is 86.3 cm³/mol. The minimum atomic E-state index is -0.492. The smallest absolute Gasteiger partial charge is 0.407 e. The van der Waals surface area contributed by atoms with Crippen LogP contribution in [0.15, 0.2) is 12.1 Å². The van der Waals surface area contributed by atoms with E-state index in [-0.39, 0.29) is 0 Å². The van der Waals surface area contributed by atoms with Gasteiger partial charge in [-0.2, -0.15) is 0 Å². The number of aryl methyl sites for hydroxylation is 1. The van der Waals surface area contributed by atoms with Crippen LogP contribution in [-0.2, 0) is 4.74 Å². The van der Waals surface area contributed by atoms with Crippen molar-refractivity contribution in [2.75, 3.05) is 12.3 Å². The molecule has 0 saturated heterocycles. The molecule has 0 radical (unpaired) electrons. The lowest BCUT2D eigenvalue weighted by atomic mass is 10.1. The first kappa shape index (κ1) is 17.2. The standard InChI is InChI=1S/C16H21ClN2O2/c1-11-9-12(10-13(17)14(11)18)7-5-6-8-19-15(20)21-16(2,3)4/h9-10H,6,8,18H2,1-4H3,(H,19,20). The Bertz CT molecular complexity index is 557. The molecule has 1 aromatic carbocycles. The number of halogens is 1. The summed E-state index contributed by atoms with van der Waals surface area (Å²) < 4.78 is 5.12. The summed E-state index contributed by atoms with van der Waals surface area (Å²) in [6.07, 6.45) is 0.0935. The van der Waals surface area contributed by atoms with Crippen molar-refractivity contribution in [3.8, 4) is 11.8 Å². The second-order valence-corrected chi connectivity index (χ2v) is 6.08. The number of hydrogen-bond donors (Lipinski definition) is 2. The summed E-state index contributed by atoms with van der Waals surface area (Å²) in [6.45, 7) is 7.78. The van der Waals surface area contributed by atoms with E-state index in [1.807, 2.05) is 33.8 Å². The lowest BCUT2D eigenvalue weighted by Gasteiger charge is -2.19. The van der Waals surface area contributed by atoms with E-state index >= 15 is 0 Å². The number of nitrogens with two attached hydrogens (primary N) is 1. The molecule has 0 spiro atoms. The second kappa shape index (κ2) is 7.24. The van der Waals surface area contributed by atoms with Crippen molar-refractivity contribution >= 4 is 23.4 Å². The van der Waals surface area contributed by atoms with Crippen molar-refractivity contribution in [3.63, 3.8) is 0 Å². The highest BCUT2D eigenvalue weighted by Crippen LogP contribution is 2.23. The van der Waals surface area contributed by atoms with Crippen molar-refractivity contribution in [2.45, 2.75) is 39.7 Å². The molecule has 0 saturated carbocycles. The third-order valence-electron chi connectivity index (χ3n) is 2.49. The summed E-state index contributed by atoms with van der Waals surface area (Å²) in [7, 11) is 0. The molecular weight excluding hydrogens is 288 g/mol. The summed E-state index contributed by atoms with van der Waals surface area (Å²) in [5.74, 6) is 5.97. The predicted octanol–water partition coefficient (Wildman–Crippen LogP) is 3.50. The van der Waals surface area contributed by atoms with Gasteiger partial charge in [0.1, 0.15) is 5.60 Å². The fourth-order valence-electron chi connectivity index (χ4n) is 1.53. The van der Waals surface area contributed by atoms with Gasteiger partial charge in [-0.1, -0.05) is 23.4 Å². The number of hydrogen-bond acceptors (Lipinski definition) is 3. The molecule has 1 aromatic rings. The van der Waals surface area contributed by atoms with Crippen LogP contribution in [0.3, 0.4) is 0 Å². The highest BCUT2D eigenvalue weighted by Gasteiger charge is 2.15. The van der Waals surface area contributed by atoms with Crippen molar-refractivity contribution in [3.05, 3.63) is 28.3 Å². The quantitative estimate of drug-likeness (QED) is 0.499. The number of alkyl carbamates (subject to hydrolysis) is 1. The minimum Gasteiger partial charge on any atom is -0.444 e. The molecule has 0 aromatic heterocycles. The molecule has 0 heterocycles. The summed E-state index contributed by atoms with van der Waals surface area (Å²) in [5.41, 5.74) is 7.57. The van der Waals surface area contributed by atoms with E-state index in [2.05, 4.69) is 17.2 Å². The van der Waals surface area contributed by atoms with Gasteiger partial charge in [0.25, 0.3) is 0 Å². The van der Waals surface area contributed by atoms with E-state index in [9.17, 15) is 4.79 Å². The van der Waals surface area contributed by atoms with Gasteiger partial charge < -0.3 is 15.8 Å². The van der Waals surface area contributed by atoms with Crippen LogP contribution in [0.2, 0.25) is 5.02 Å². The average Bonchev–Trinajstić information content (AvgIpc) is 2.33. The molecule has 4 nitrogen and oxygen atoms in total. The first-order chi connectivity index (χ1) is 9.69. The van der Waals surface area contributed by atoms with E-state index in [0.717, 1.165) is 11.1 Å².